The molecule has 2 atom stereocenters. The Hall–Kier alpha value is -1.55. The fourth-order valence-electron chi connectivity index (χ4n) is 1.66. The highest BCUT2D eigenvalue weighted by Crippen LogP contribution is 2.20. The van der Waals surface area contributed by atoms with Crippen LogP contribution < -0.4 is 15.9 Å². The van der Waals surface area contributed by atoms with Gasteiger partial charge in [0.15, 0.2) is 11.4 Å². The molecule has 2 unspecified atom stereocenters. The zero-order valence-corrected chi connectivity index (χ0v) is 11.5. The lowest BCUT2D eigenvalue weighted by molar-refractivity contribution is -0.996. The van der Waals surface area contributed by atoms with Crippen LogP contribution in [0.4, 0.5) is 17.1 Å². The third kappa shape index (κ3) is 4.53. The van der Waals surface area contributed by atoms with E-state index in [1.165, 1.54) is 12.1 Å². The number of hydrogen-bond donors (Lipinski definition) is 5. The second kappa shape index (κ2) is 7.90. The summed E-state index contributed by atoms with van der Waals surface area (Å²) in [4.78, 5) is 0. The largest absolute Gasteiger partial charge is 0.595 e. The van der Waals surface area contributed by atoms with E-state index in [0.717, 1.165) is 18.9 Å². The van der Waals surface area contributed by atoms with Gasteiger partial charge in [0.25, 0.3) is 0 Å². The summed E-state index contributed by atoms with van der Waals surface area (Å²) >= 11 is 0. The van der Waals surface area contributed by atoms with Crippen molar-refractivity contribution in [3.8, 4) is 0 Å². The average Bonchev–Trinajstić information content (AvgIpc) is 2.43. The number of hydrogen-bond acceptors (Lipinski definition) is 6. The van der Waals surface area contributed by atoms with Crippen molar-refractivity contribution in [2.45, 2.75) is 26.7 Å². The first-order valence-electron chi connectivity index (χ1n) is 6.39. The summed E-state index contributed by atoms with van der Waals surface area (Å²) in [5.41, 5.74) is 2.73. The third-order valence-electron chi connectivity index (χ3n) is 3.02. The molecule has 5 N–H and O–H groups in total. The van der Waals surface area contributed by atoms with E-state index < -0.39 is 10.5 Å². The molecular formula is C12H20N4O4. The van der Waals surface area contributed by atoms with Crippen LogP contribution in [0.2, 0.25) is 0 Å². The van der Waals surface area contributed by atoms with Gasteiger partial charge < -0.3 is 10.4 Å². The Morgan fingerprint density at radius 1 is 1.25 bits per heavy atom. The molecule has 0 bridgehead atoms. The lowest BCUT2D eigenvalue weighted by Gasteiger charge is -2.18. The first-order chi connectivity index (χ1) is 9.49. The molecule has 0 saturated carbocycles. The molecule has 0 aliphatic carbocycles. The molecule has 0 amide bonds. The zero-order chi connectivity index (χ0) is 15.1. The van der Waals surface area contributed by atoms with Crippen molar-refractivity contribution >= 4 is 23.3 Å². The fraction of sp³-hybridized carbons (Fsp3) is 0.417. The van der Waals surface area contributed by atoms with Gasteiger partial charge in [-0.25, -0.2) is 10.4 Å². The maximum atomic E-state index is 11.1. The molecule has 0 aromatic heterocycles. The van der Waals surface area contributed by atoms with Gasteiger partial charge in [-0.2, -0.15) is 15.6 Å². The molecule has 1 rings (SSSR count). The molecule has 0 aliphatic heterocycles. The fourth-order valence-corrected chi connectivity index (χ4v) is 1.66. The lowest BCUT2D eigenvalue weighted by atomic mass is 10.1. The summed E-state index contributed by atoms with van der Waals surface area (Å²) in [5, 5.41) is 41.5. The molecule has 0 saturated heterocycles. The highest BCUT2D eigenvalue weighted by atomic mass is 16.8. The van der Waals surface area contributed by atoms with Crippen LogP contribution in [0, 0.1) is 16.3 Å². The number of hydrazone groups is 1. The molecule has 1 aromatic rings. The SMILES string of the molecule is CCC(C=NNc1ccc([NH+]([O-])O)cc1[NH+]([O-])O)CC. The molecule has 8 heteroatoms. The van der Waals surface area contributed by atoms with Crippen LogP contribution in [0.25, 0.3) is 0 Å². The second-order valence-corrected chi connectivity index (χ2v) is 4.34. The molecule has 8 nitrogen and oxygen atoms in total. The Morgan fingerprint density at radius 3 is 2.40 bits per heavy atom. The quantitative estimate of drug-likeness (QED) is 0.365. The Labute approximate surface area is 117 Å². The summed E-state index contributed by atoms with van der Waals surface area (Å²) in [5.74, 6) is 0.328. The van der Waals surface area contributed by atoms with E-state index in [4.69, 9.17) is 10.4 Å². The summed E-state index contributed by atoms with van der Waals surface area (Å²) in [7, 11) is 0. The van der Waals surface area contributed by atoms with Crippen LogP contribution in [0.15, 0.2) is 23.3 Å². The number of anilines is 1. The average molecular weight is 284 g/mol. The monoisotopic (exact) mass is 284 g/mol. The summed E-state index contributed by atoms with van der Waals surface area (Å²) in [6, 6.07) is 3.85. The highest BCUT2D eigenvalue weighted by Gasteiger charge is 2.13. The maximum absolute atomic E-state index is 11.1. The van der Waals surface area contributed by atoms with Crippen LogP contribution in [0.5, 0.6) is 0 Å². The van der Waals surface area contributed by atoms with Gasteiger partial charge in [-0.3, -0.25) is 5.43 Å². The minimum Gasteiger partial charge on any atom is -0.595 e. The van der Waals surface area contributed by atoms with Crippen LogP contribution >= 0.6 is 0 Å². The number of rotatable bonds is 7. The molecule has 0 heterocycles. The Balaban J connectivity index is 2.89. The molecule has 0 aliphatic rings. The van der Waals surface area contributed by atoms with Crippen molar-refractivity contribution in [1.82, 2.24) is 0 Å². The van der Waals surface area contributed by atoms with E-state index in [0.29, 0.717) is 5.92 Å². The highest BCUT2D eigenvalue weighted by molar-refractivity contribution is 5.67. The van der Waals surface area contributed by atoms with Gasteiger partial charge in [0.1, 0.15) is 5.69 Å². The first kappa shape index (κ1) is 16.5. The van der Waals surface area contributed by atoms with Crippen LogP contribution in [0.3, 0.4) is 0 Å². The van der Waals surface area contributed by atoms with Gasteiger partial charge in [-0.05, 0) is 24.8 Å². The second-order valence-electron chi connectivity index (χ2n) is 4.34. The van der Waals surface area contributed by atoms with Gasteiger partial charge >= 0.3 is 0 Å². The van der Waals surface area contributed by atoms with Gasteiger partial charge in [0.2, 0.25) is 0 Å². The smallest absolute Gasteiger partial charge is 0.195 e. The third-order valence-corrected chi connectivity index (χ3v) is 3.02. The van der Waals surface area contributed by atoms with Crippen molar-refractivity contribution in [2.24, 2.45) is 11.0 Å². The van der Waals surface area contributed by atoms with Crippen molar-refractivity contribution in [3.05, 3.63) is 28.6 Å². The molecule has 0 spiro atoms. The topological polar surface area (TPSA) is 120 Å². The van der Waals surface area contributed by atoms with E-state index in [1.807, 2.05) is 13.8 Å². The molecule has 112 valence electrons. The first-order valence-corrected chi connectivity index (χ1v) is 6.39. The summed E-state index contributed by atoms with van der Waals surface area (Å²) < 4.78 is 0. The molecule has 1 aromatic carbocycles. The Bertz CT molecular complexity index is 447. The van der Waals surface area contributed by atoms with Crippen LogP contribution in [-0.4, -0.2) is 16.6 Å². The van der Waals surface area contributed by atoms with E-state index in [2.05, 4.69) is 10.5 Å². The maximum Gasteiger partial charge on any atom is 0.195 e. The van der Waals surface area contributed by atoms with E-state index in [1.54, 1.807) is 6.21 Å². The van der Waals surface area contributed by atoms with Crippen LogP contribution in [0.1, 0.15) is 26.7 Å². The number of nitrogens with one attached hydrogen (secondary N) is 3. The predicted octanol–water partition coefficient (Wildman–Crippen LogP) is 0.327. The molecular weight excluding hydrogens is 264 g/mol. The van der Waals surface area contributed by atoms with Gasteiger partial charge in [-0.15, -0.1) is 0 Å². The molecule has 0 radical (unpaired) electrons. The van der Waals surface area contributed by atoms with Crippen molar-refractivity contribution in [3.63, 3.8) is 0 Å². The summed E-state index contributed by atoms with van der Waals surface area (Å²) in [6.07, 6.45) is 3.63. The standard InChI is InChI=1S/C12H20N4O4/c1-3-9(4-2)8-13-14-11-6-5-10(15(17)18)7-12(11)16(19)20/h5-9,14-17,19H,3-4H2,1-2H3. The number of nitrogens with zero attached hydrogens (tertiary/aromatic N) is 1. The predicted molar refractivity (Wildman–Crippen MR) is 74.2 cm³/mol. The van der Waals surface area contributed by atoms with E-state index in [-0.39, 0.29) is 17.1 Å². The zero-order valence-electron chi connectivity index (χ0n) is 11.5. The van der Waals surface area contributed by atoms with Gasteiger partial charge in [-0.1, -0.05) is 13.8 Å². The van der Waals surface area contributed by atoms with Crippen molar-refractivity contribution in [1.29, 1.82) is 0 Å². The van der Waals surface area contributed by atoms with Gasteiger partial charge in [0.05, 0.1) is 6.07 Å². The lowest BCUT2D eigenvalue weighted by Crippen LogP contribution is -3.00. The molecule has 0 fully saturated rings. The van der Waals surface area contributed by atoms with E-state index >= 15 is 0 Å². The van der Waals surface area contributed by atoms with Crippen LogP contribution in [-0.2, 0) is 0 Å². The van der Waals surface area contributed by atoms with Gasteiger partial charge in [0, 0.05) is 12.3 Å². The Morgan fingerprint density at radius 2 is 1.90 bits per heavy atom. The van der Waals surface area contributed by atoms with Crippen molar-refractivity contribution < 1.29 is 20.9 Å². The minimum atomic E-state index is -1.20. The molecule has 20 heavy (non-hydrogen) atoms. The van der Waals surface area contributed by atoms with Crippen molar-refractivity contribution in [2.75, 3.05) is 5.43 Å². The number of benzene rings is 1. The summed E-state index contributed by atoms with van der Waals surface area (Å²) in [6.45, 7) is 4.09. The minimum absolute atomic E-state index is 0.0723. The number of quaternary nitrogens is 2. The van der Waals surface area contributed by atoms with E-state index in [9.17, 15) is 10.4 Å². The normalized spacial score (nSPS) is 14.8. The Kier molecular flexibility index (Phi) is 6.52.